The van der Waals surface area contributed by atoms with Crippen molar-refractivity contribution in [2.45, 2.75) is 56.7 Å². The highest BCUT2D eigenvalue weighted by Crippen LogP contribution is 2.43. The maximum absolute atomic E-state index is 12.0. The molecule has 8 heteroatoms. The molecule has 1 N–H and O–H groups in total. The topological polar surface area (TPSA) is 78.7 Å². The summed E-state index contributed by atoms with van der Waals surface area (Å²) in [6, 6.07) is 20.9. The maximum atomic E-state index is 12.0. The molecule has 1 saturated heterocycles. The smallest absolute Gasteiger partial charge is 0.175 e. The van der Waals surface area contributed by atoms with Gasteiger partial charge in [-0.3, -0.25) is 14.8 Å². The normalized spacial score (nSPS) is 17.4. The molecule has 0 atom stereocenters. The standard InChI is InChI=1S/C33H40N4O3S/c1-23-29-19-31(26-9-13-28(14-10-26)41(4,39)40)37(27-11-12-27)32(29)20-30(34-23)25-7-5-24(6-8-25)21-35-15-17-36(18-16-35)22-33(2,3)38/h5-10,13-14,19-20,27,38H,11-12,15-18,21-22H2,1-4H3. The van der Waals surface area contributed by atoms with Crippen LogP contribution in [-0.2, 0) is 16.4 Å². The summed E-state index contributed by atoms with van der Waals surface area (Å²) in [6.45, 7) is 11.4. The van der Waals surface area contributed by atoms with Gasteiger partial charge in [0.15, 0.2) is 9.84 Å². The Morgan fingerprint density at radius 1 is 0.902 bits per heavy atom. The van der Waals surface area contributed by atoms with E-state index in [1.807, 2.05) is 26.0 Å². The zero-order valence-electron chi connectivity index (χ0n) is 24.5. The molecule has 4 aromatic rings. The summed E-state index contributed by atoms with van der Waals surface area (Å²) in [5.74, 6) is 0. The third kappa shape index (κ3) is 6.26. The van der Waals surface area contributed by atoms with Crippen LogP contribution in [0.1, 0.15) is 44.0 Å². The number of aryl methyl sites for hydroxylation is 1. The number of aromatic nitrogens is 2. The number of hydrogen-bond donors (Lipinski definition) is 1. The molecule has 0 amide bonds. The van der Waals surface area contributed by atoms with Crippen molar-refractivity contribution in [3.8, 4) is 22.5 Å². The Morgan fingerprint density at radius 3 is 2.10 bits per heavy atom. The zero-order valence-corrected chi connectivity index (χ0v) is 25.3. The van der Waals surface area contributed by atoms with Crippen molar-refractivity contribution in [3.63, 3.8) is 0 Å². The van der Waals surface area contributed by atoms with Crippen LogP contribution in [0.5, 0.6) is 0 Å². The molecule has 7 nitrogen and oxygen atoms in total. The fraction of sp³-hybridized carbons (Fsp3) is 0.424. The Bertz CT molecular complexity index is 1660. The van der Waals surface area contributed by atoms with E-state index in [-0.39, 0.29) is 0 Å². The van der Waals surface area contributed by atoms with Gasteiger partial charge < -0.3 is 9.67 Å². The maximum Gasteiger partial charge on any atom is 0.175 e. The minimum absolute atomic E-state index is 0.340. The van der Waals surface area contributed by atoms with Crippen LogP contribution in [0.2, 0.25) is 0 Å². The molecule has 216 valence electrons. The summed E-state index contributed by atoms with van der Waals surface area (Å²) in [5.41, 5.74) is 7.04. The van der Waals surface area contributed by atoms with E-state index in [4.69, 9.17) is 4.98 Å². The first-order chi connectivity index (χ1) is 19.4. The first-order valence-electron chi connectivity index (χ1n) is 14.5. The third-order valence-electron chi connectivity index (χ3n) is 8.25. The number of pyridine rings is 1. The van der Waals surface area contributed by atoms with Gasteiger partial charge in [0.2, 0.25) is 0 Å². The molecule has 1 aliphatic heterocycles. The Kier molecular flexibility index (Phi) is 7.30. The molecule has 0 unspecified atom stereocenters. The van der Waals surface area contributed by atoms with Crippen molar-refractivity contribution in [3.05, 3.63) is 71.9 Å². The minimum Gasteiger partial charge on any atom is -0.389 e. The van der Waals surface area contributed by atoms with E-state index in [1.165, 1.54) is 17.3 Å². The SMILES string of the molecule is Cc1nc(-c2ccc(CN3CCN(CC(C)(C)O)CC3)cc2)cc2c1cc(-c1ccc(S(C)(=O)=O)cc1)n2C1CC1. The van der Waals surface area contributed by atoms with E-state index in [1.54, 1.807) is 12.1 Å². The molecule has 41 heavy (non-hydrogen) atoms. The number of sulfone groups is 1. The van der Waals surface area contributed by atoms with Crippen LogP contribution in [0.4, 0.5) is 0 Å². The van der Waals surface area contributed by atoms with E-state index in [9.17, 15) is 13.5 Å². The van der Waals surface area contributed by atoms with Gasteiger partial charge in [0.25, 0.3) is 0 Å². The molecule has 2 aromatic heterocycles. The minimum atomic E-state index is -3.23. The van der Waals surface area contributed by atoms with Gasteiger partial charge in [-0.25, -0.2) is 8.42 Å². The summed E-state index contributed by atoms with van der Waals surface area (Å²) >= 11 is 0. The lowest BCUT2D eigenvalue weighted by atomic mass is 10.1. The number of hydrogen-bond acceptors (Lipinski definition) is 6. The predicted octanol–water partition coefficient (Wildman–Crippen LogP) is 5.31. The highest BCUT2D eigenvalue weighted by Gasteiger charge is 2.29. The number of rotatable bonds is 8. The highest BCUT2D eigenvalue weighted by molar-refractivity contribution is 7.90. The van der Waals surface area contributed by atoms with Gasteiger partial charge in [0.05, 0.1) is 21.7 Å². The van der Waals surface area contributed by atoms with Crippen LogP contribution < -0.4 is 0 Å². The highest BCUT2D eigenvalue weighted by atomic mass is 32.2. The fourth-order valence-electron chi connectivity index (χ4n) is 6.04. The predicted molar refractivity (Wildman–Crippen MR) is 165 cm³/mol. The Labute approximate surface area is 243 Å². The molecular formula is C33H40N4O3S. The van der Waals surface area contributed by atoms with Crippen LogP contribution in [0.15, 0.2) is 65.6 Å². The number of benzene rings is 2. The summed E-state index contributed by atoms with van der Waals surface area (Å²) in [4.78, 5) is 10.2. The second-order valence-corrected chi connectivity index (χ2v) is 14.5. The summed E-state index contributed by atoms with van der Waals surface area (Å²) in [5, 5.41) is 11.3. The van der Waals surface area contributed by atoms with Gasteiger partial charge in [0, 0.05) is 73.9 Å². The lowest BCUT2D eigenvalue weighted by Crippen LogP contribution is -2.50. The molecule has 0 spiro atoms. The number of β-amino-alcohol motifs (C(OH)–C–C–N with tert-alkyl or cyclic N) is 1. The van der Waals surface area contributed by atoms with Crippen LogP contribution in [0.3, 0.4) is 0 Å². The number of fused-ring (bicyclic) bond motifs is 1. The monoisotopic (exact) mass is 572 g/mol. The summed E-state index contributed by atoms with van der Waals surface area (Å²) in [7, 11) is -3.23. The Morgan fingerprint density at radius 2 is 1.51 bits per heavy atom. The molecule has 1 aliphatic carbocycles. The average Bonchev–Trinajstić information content (AvgIpc) is 3.68. The van der Waals surface area contributed by atoms with E-state index in [2.05, 4.69) is 57.7 Å². The van der Waals surface area contributed by atoms with Gasteiger partial charge in [-0.1, -0.05) is 36.4 Å². The lowest BCUT2D eigenvalue weighted by Gasteiger charge is -2.37. The second-order valence-electron chi connectivity index (χ2n) is 12.5. The number of piperazine rings is 1. The van der Waals surface area contributed by atoms with Crippen molar-refractivity contribution in [1.29, 1.82) is 0 Å². The van der Waals surface area contributed by atoms with Gasteiger partial charge in [-0.05, 0) is 69.0 Å². The Balaban J connectivity index is 1.23. The van der Waals surface area contributed by atoms with Crippen LogP contribution in [-0.4, -0.2) is 77.5 Å². The van der Waals surface area contributed by atoms with E-state index in [0.717, 1.165) is 79.2 Å². The average molecular weight is 573 g/mol. The van der Waals surface area contributed by atoms with Crippen molar-refractivity contribution < 1.29 is 13.5 Å². The van der Waals surface area contributed by atoms with E-state index >= 15 is 0 Å². The first kappa shape index (κ1) is 28.1. The van der Waals surface area contributed by atoms with Crippen molar-refractivity contribution in [1.82, 2.24) is 19.4 Å². The molecule has 2 fully saturated rings. The molecule has 0 bridgehead atoms. The zero-order chi connectivity index (χ0) is 28.9. The van der Waals surface area contributed by atoms with Crippen LogP contribution >= 0.6 is 0 Å². The van der Waals surface area contributed by atoms with E-state index < -0.39 is 15.4 Å². The lowest BCUT2D eigenvalue weighted by molar-refractivity contribution is 0.0167. The quantitative estimate of drug-likeness (QED) is 0.309. The van der Waals surface area contributed by atoms with Crippen molar-refractivity contribution >= 4 is 20.7 Å². The molecule has 1 saturated carbocycles. The summed E-state index contributed by atoms with van der Waals surface area (Å²) in [6.07, 6.45) is 3.54. The second kappa shape index (κ2) is 10.7. The first-order valence-corrected chi connectivity index (χ1v) is 16.4. The third-order valence-corrected chi connectivity index (χ3v) is 9.38. The molecule has 0 radical (unpaired) electrons. The molecule has 3 heterocycles. The van der Waals surface area contributed by atoms with Gasteiger partial charge >= 0.3 is 0 Å². The van der Waals surface area contributed by atoms with Crippen molar-refractivity contribution in [2.75, 3.05) is 39.0 Å². The van der Waals surface area contributed by atoms with E-state index in [0.29, 0.717) is 17.5 Å². The number of nitrogens with zero attached hydrogens (tertiary/aromatic N) is 4. The van der Waals surface area contributed by atoms with Crippen molar-refractivity contribution in [2.24, 2.45) is 0 Å². The largest absolute Gasteiger partial charge is 0.389 e. The van der Waals surface area contributed by atoms with Gasteiger partial charge in [-0.15, -0.1) is 0 Å². The molecule has 2 aromatic carbocycles. The number of aliphatic hydroxyl groups is 1. The molecule has 6 rings (SSSR count). The fourth-order valence-corrected chi connectivity index (χ4v) is 6.67. The van der Waals surface area contributed by atoms with Crippen LogP contribution in [0, 0.1) is 6.92 Å². The molecule has 2 aliphatic rings. The molecular weight excluding hydrogens is 532 g/mol. The summed E-state index contributed by atoms with van der Waals surface area (Å²) < 4.78 is 26.4. The van der Waals surface area contributed by atoms with Crippen LogP contribution in [0.25, 0.3) is 33.4 Å². The van der Waals surface area contributed by atoms with Gasteiger partial charge in [0.1, 0.15) is 0 Å². The van der Waals surface area contributed by atoms with Gasteiger partial charge in [-0.2, -0.15) is 0 Å². The Hall–Kier alpha value is -3.04.